The van der Waals surface area contributed by atoms with Gasteiger partial charge in [0.05, 0.1) is 12.2 Å². The molecule has 2 aromatic rings. The maximum absolute atomic E-state index is 14.0. The van der Waals surface area contributed by atoms with Crippen molar-refractivity contribution in [1.29, 1.82) is 0 Å². The molecule has 1 aromatic carbocycles. The van der Waals surface area contributed by atoms with E-state index in [-0.39, 0.29) is 5.82 Å². The molecular weight excluding hydrogens is 357 g/mol. The molecule has 0 saturated carbocycles. The molecule has 0 spiro atoms. The lowest BCUT2D eigenvalue weighted by Gasteiger charge is -2.37. The number of para-hydroxylation sites is 1. The molecule has 2 aliphatic heterocycles. The number of benzene rings is 1. The average molecular weight is 385 g/mol. The van der Waals surface area contributed by atoms with Gasteiger partial charge in [-0.25, -0.2) is 4.39 Å². The van der Waals surface area contributed by atoms with Gasteiger partial charge in [-0.15, -0.1) is 10.2 Å². The van der Waals surface area contributed by atoms with Crippen LogP contribution in [0.25, 0.3) is 0 Å². The van der Waals surface area contributed by atoms with Crippen LogP contribution in [0.1, 0.15) is 30.9 Å². The summed E-state index contributed by atoms with van der Waals surface area (Å²) in [6.07, 6.45) is 4.65. The Balaban J connectivity index is 1.35. The Hall–Kier alpha value is -2.64. The van der Waals surface area contributed by atoms with Crippen LogP contribution < -0.4 is 10.2 Å². The molecular formula is C20H28FN7. The topological polar surface area (TPSA) is 61.6 Å². The van der Waals surface area contributed by atoms with Gasteiger partial charge in [-0.2, -0.15) is 0 Å². The van der Waals surface area contributed by atoms with Crippen molar-refractivity contribution in [3.63, 3.8) is 0 Å². The summed E-state index contributed by atoms with van der Waals surface area (Å²) in [5.74, 6) is 2.77. The summed E-state index contributed by atoms with van der Waals surface area (Å²) in [5.41, 5.74) is 0.677. The van der Waals surface area contributed by atoms with Gasteiger partial charge in [-0.1, -0.05) is 18.6 Å². The predicted molar refractivity (Wildman–Crippen MR) is 108 cm³/mol. The summed E-state index contributed by atoms with van der Waals surface area (Å²) < 4.78 is 16.3. The molecule has 7 nitrogen and oxygen atoms in total. The zero-order valence-electron chi connectivity index (χ0n) is 16.4. The second kappa shape index (κ2) is 8.58. The third-order valence-electron chi connectivity index (χ3n) is 5.57. The first kappa shape index (κ1) is 18.7. The quantitative estimate of drug-likeness (QED) is 0.647. The minimum absolute atomic E-state index is 0.161. The van der Waals surface area contributed by atoms with Gasteiger partial charge >= 0.3 is 0 Å². The maximum atomic E-state index is 14.0. The summed E-state index contributed by atoms with van der Waals surface area (Å²) in [5, 5.41) is 12.2. The molecule has 4 rings (SSSR count). The van der Waals surface area contributed by atoms with E-state index in [4.69, 9.17) is 0 Å². The van der Waals surface area contributed by atoms with Crippen molar-refractivity contribution in [2.24, 2.45) is 4.99 Å². The fraction of sp³-hybridized carbons (Fsp3) is 0.550. The molecule has 2 aliphatic rings. The first-order chi connectivity index (χ1) is 13.8. The molecule has 0 bridgehead atoms. The van der Waals surface area contributed by atoms with Crippen LogP contribution >= 0.6 is 0 Å². The van der Waals surface area contributed by atoms with Crippen LogP contribution in [0.3, 0.4) is 0 Å². The monoisotopic (exact) mass is 385 g/mol. The third kappa shape index (κ3) is 3.95. The molecule has 1 saturated heterocycles. The van der Waals surface area contributed by atoms with Gasteiger partial charge in [-0.05, 0) is 25.0 Å². The standard InChI is InChI=1S/C20H28FN7/c1-22-20(23-15-19-25-24-18-9-3-2-6-10-28(18)19)27-13-11-26(12-14-27)17-8-5-4-7-16(17)21/h4-5,7-8H,2-3,6,9-15H2,1H3,(H,22,23). The second-order valence-electron chi connectivity index (χ2n) is 7.32. The van der Waals surface area contributed by atoms with Crippen LogP contribution in [0.4, 0.5) is 10.1 Å². The lowest BCUT2D eigenvalue weighted by atomic mass is 10.2. The predicted octanol–water partition coefficient (Wildman–Crippen LogP) is 2.04. The van der Waals surface area contributed by atoms with E-state index in [2.05, 4.69) is 34.9 Å². The molecule has 3 heterocycles. The summed E-state index contributed by atoms with van der Waals surface area (Å²) >= 11 is 0. The first-order valence-electron chi connectivity index (χ1n) is 10.1. The minimum Gasteiger partial charge on any atom is -0.366 e. The Kier molecular flexibility index (Phi) is 5.73. The number of guanidine groups is 1. The SMILES string of the molecule is CN=C(NCc1nnc2n1CCCCC2)N1CCN(c2ccccc2F)CC1. The van der Waals surface area contributed by atoms with Crippen molar-refractivity contribution in [2.45, 2.75) is 38.8 Å². The van der Waals surface area contributed by atoms with Crippen LogP contribution in [-0.4, -0.2) is 58.9 Å². The van der Waals surface area contributed by atoms with E-state index in [1.54, 1.807) is 13.1 Å². The fourth-order valence-electron chi connectivity index (χ4n) is 4.03. The lowest BCUT2D eigenvalue weighted by Crippen LogP contribution is -2.52. The highest BCUT2D eigenvalue weighted by atomic mass is 19.1. The number of nitrogens with one attached hydrogen (secondary N) is 1. The van der Waals surface area contributed by atoms with Crippen molar-refractivity contribution in [3.05, 3.63) is 41.7 Å². The maximum Gasteiger partial charge on any atom is 0.194 e. The van der Waals surface area contributed by atoms with Crippen molar-refractivity contribution in [1.82, 2.24) is 25.0 Å². The molecule has 0 unspecified atom stereocenters. The number of aliphatic imine (C=N–C) groups is 1. The highest BCUT2D eigenvalue weighted by molar-refractivity contribution is 5.80. The summed E-state index contributed by atoms with van der Waals surface area (Å²) in [7, 11) is 1.80. The number of halogens is 1. The van der Waals surface area contributed by atoms with Gasteiger partial charge in [0.1, 0.15) is 11.6 Å². The van der Waals surface area contributed by atoms with E-state index < -0.39 is 0 Å². The molecule has 8 heteroatoms. The van der Waals surface area contributed by atoms with E-state index in [1.165, 1.54) is 25.3 Å². The number of aryl methyl sites for hydroxylation is 1. The van der Waals surface area contributed by atoms with Gasteiger partial charge in [0, 0.05) is 46.2 Å². The average Bonchev–Trinajstić information content (AvgIpc) is 2.95. The fourth-order valence-corrected chi connectivity index (χ4v) is 4.03. The summed E-state index contributed by atoms with van der Waals surface area (Å²) in [6, 6.07) is 6.97. The molecule has 28 heavy (non-hydrogen) atoms. The van der Waals surface area contributed by atoms with Gasteiger partial charge in [0.2, 0.25) is 0 Å². The lowest BCUT2D eigenvalue weighted by molar-refractivity contribution is 0.369. The molecule has 0 atom stereocenters. The third-order valence-corrected chi connectivity index (χ3v) is 5.57. The molecule has 1 fully saturated rings. The minimum atomic E-state index is -0.161. The first-order valence-corrected chi connectivity index (χ1v) is 10.1. The molecule has 1 aromatic heterocycles. The van der Waals surface area contributed by atoms with E-state index >= 15 is 0 Å². The number of aromatic nitrogens is 3. The Labute approximate surface area is 165 Å². The van der Waals surface area contributed by atoms with Crippen LogP contribution in [0.15, 0.2) is 29.3 Å². The van der Waals surface area contributed by atoms with Gasteiger partial charge in [-0.3, -0.25) is 4.99 Å². The Morgan fingerprint density at radius 1 is 1.07 bits per heavy atom. The zero-order valence-corrected chi connectivity index (χ0v) is 16.4. The molecule has 0 aliphatic carbocycles. The van der Waals surface area contributed by atoms with Crippen LogP contribution in [0.2, 0.25) is 0 Å². The van der Waals surface area contributed by atoms with E-state index in [0.717, 1.165) is 56.8 Å². The number of hydrogen-bond donors (Lipinski definition) is 1. The normalized spacial score (nSPS) is 18.0. The number of nitrogens with zero attached hydrogens (tertiary/aromatic N) is 6. The Morgan fingerprint density at radius 2 is 1.89 bits per heavy atom. The smallest absolute Gasteiger partial charge is 0.194 e. The van der Waals surface area contributed by atoms with Gasteiger partial charge in [0.15, 0.2) is 11.8 Å². The largest absolute Gasteiger partial charge is 0.366 e. The van der Waals surface area contributed by atoms with Crippen molar-refractivity contribution < 1.29 is 4.39 Å². The Morgan fingerprint density at radius 3 is 2.68 bits per heavy atom. The molecule has 0 radical (unpaired) electrons. The molecule has 0 amide bonds. The van der Waals surface area contributed by atoms with E-state index in [0.29, 0.717) is 12.2 Å². The zero-order chi connectivity index (χ0) is 19.3. The van der Waals surface area contributed by atoms with Gasteiger partial charge in [0.25, 0.3) is 0 Å². The van der Waals surface area contributed by atoms with E-state index in [1.807, 2.05) is 12.1 Å². The van der Waals surface area contributed by atoms with Gasteiger partial charge < -0.3 is 19.7 Å². The van der Waals surface area contributed by atoms with Crippen LogP contribution in [0.5, 0.6) is 0 Å². The summed E-state index contributed by atoms with van der Waals surface area (Å²) in [6.45, 7) is 4.74. The molecule has 1 N–H and O–H groups in total. The van der Waals surface area contributed by atoms with Crippen molar-refractivity contribution in [2.75, 3.05) is 38.1 Å². The highest BCUT2D eigenvalue weighted by Crippen LogP contribution is 2.20. The van der Waals surface area contributed by atoms with E-state index in [9.17, 15) is 4.39 Å². The number of fused-ring (bicyclic) bond motifs is 1. The van der Waals surface area contributed by atoms with Crippen LogP contribution in [-0.2, 0) is 19.5 Å². The highest BCUT2D eigenvalue weighted by Gasteiger charge is 2.22. The Bertz CT molecular complexity index is 824. The van der Waals surface area contributed by atoms with Crippen molar-refractivity contribution >= 4 is 11.6 Å². The summed E-state index contributed by atoms with van der Waals surface area (Å²) in [4.78, 5) is 8.75. The number of anilines is 1. The van der Waals surface area contributed by atoms with Crippen LogP contribution in [0, 0.1) is 5.82 Å². The molecule has 150 valence electrons. The van der Waals surface area contributed by atoms with Crippen molar-refractivity contribution in [3.8, 4) is 0 Å². The number of hydrogen-bond acceptors (Lipinski definition) is 4. The number of piperazine rings is 1. The second-order valence-corrected chi connectivity index (χ2v) is 7.32. The number of rotatable bonds is 3.